The molecule has 0 aliphatic carbocycles. The first kappa shape index (κ1) is 10.2. The SMILES string of the molecule is CCC(C)C1CC(=O)c2ccccc2O1. The number of hydrogen-bond acceptors (Lipinski definition) is 2. The molecule has 0 aromatic heterocycles. The Bertz CT molecular complexity index is 371. The Kier molecular flexibility index (Phi) is 2.76. The number of ketones is 1. The third kappa shape index (κ3) is 1.89. The Morgan fingerprint density at radius 2 is 2.20 bits per heavy atom. The summed E-state index contributed by atoms with van der Waals surface area (Å²) in [5.41, 5.74) is 0.733. The quantitative estimate of drug-likeness (QED) is 0.740. The Morgan fingerprint density at radius 1 is 1.47 bits per heavy atom. The summed E-state index contributed by atoms with van der Waals surface area (Å²) in [7, 11) is 0. The first-order chi connectivity index (χ1) is 7.22. The fourth-order valence-electron chi connectivity index (χ4n) is 1.88. The van der Waals surface area contributed by atoms with Crippen molar-refractivity contribution in [3.8, 4) is 5.75 Å². The van der Waals surface area contributed by atoms with Gasteiger partial charge >= 0.3 is 0 Å². The van der Waals surface area contributed by atoms with Crippen molar-refractivity contribution in [2.24, 2.45) is 5.92 Å². The number of hydrogen-bond donors (Lipinski definition) is 0. The summed E-state index contributed by atoms with van der Waals surface area (Å²) in [4.78, 5) is 11.8. The highest BCUT2D eigenvalue weighted by Gasteiger charge is 2.28. The largest absolute Gasteiger partial charge is 0.489 e. The summed E-state index contributed by atoms with van der Waals surface area (Å²) in [5, 5.41) is 0. The van der Waals surface area contributed by atoms with Crippen molar-refractivity contribution in [3.05, 3.63) is 29.8 Å². The lowest BCUT2D eigenvalue weighted by Crippen LogP contribution is -2.32. The van der Waals surface area contributed by atoms with E-state index in [9.17, 15) is 4.79 Å². The molecule has 1 aliphatic heterocycles. The minimum atomic E-state index is 0.0531. The molecule has 1 aliphatic rings. The Balaban J connectivity index is 2.26. The lowest BCUT2D eigenvalue weighted by Gasteiger charge is -2.28. The highest BCUT2D eigenvalue weighted by molar-refractivity contribution is 5.99. The second-order valence-electron chi connectivity index (χ2n) is 4.17. The van der Waals surface area contributed by atoms with Crippen molar-refractivity contribution < 1.29 is 9.53 Å². The molecule has 15 heavy (non-hydrogen) atoms. The number of para-hydroxylation sites is 1. The predicted octanol–water partition coefficient (Wildman–Crippen LogP) is 3.07. The van der Waals surface area contributed by atoms with E-state index in [1.165, 1.54) is 0 Å². The number of Topliss-reactive ketones (excluding diaryl/α,β-unsaturated/α-hetero) is 1. The van der Waals surface area contributed by atoms with Gasteiger partial charge in [0.05, 0.1) is 5.56 Å². The predicted molar refractivity (Wildman–Crippen MR) is 59.3 cm³/mol. The number of carbonyl (C=O) groups is 1. The number of ether oxygens (including phenoxy) is 1. The molecule has 1 heterocycles. The number of rotatable bonds is 2. The van der Waals surface area contributed by atoms with Gasteiger partial charge in [0, 0.05) is 6.42 Å². The van der Waals surface area contributed by atoms with Crippen LogP contribution in [-0.4, -0.2) is 11.9 Å². The minimum Gasteiger partial charge on any atom is -0.489 e. The molecule has 0 spiro atoms. The van der Waals surface area contributed by atoms with Crippen LogP contribution >= 0.6 is 0 Å². The van der Waals surface area contributed by atoms with Gasteiger partial charge in [0.2, 0.25) is 0 Å². The van der Waals surface area contributed by atoms with Crippen molar-refractivity contribution in [1.82, 2.24) is 0 Å². The first-order valence-electron chi connectivity index (χ1n) is 5.51. The number of fused-ring (bicyclic) bond motifs is 1. The molecular weight excluding hydrogens is 188 g/mol. The maximum Gasteiger partial charge on any atom is 0.170 e. The van der Waals surface area contributed by atoms with Crippen LogP contribution in [0.3, 0.4) is 0 Å². The standard InChI is InChI=1S/C13H16O2/c1-3-9(2)13-8-11(14)10-6-4-5-7-12(10)15-13/h4-7,9,13H,3,8H2,1-2H3. The average molecular weight is 204 g/mol. The van der Waals surface area contributed by atoms with Gasteiger partial charge in [-0.2, -0.15) is 0 Å². The lowest BCUT2D eigenvalue weighted by atomic mass is 9.92. The molecule has 2 unspecified atom stereocenters. The van der Waals surface area contributed by atoms with E-state index in [1.807, 2.05) is 24.3 Å². The molecule has 0 fully saturated rings. The van der Waals surface area contributed by atoms with E-state index in [0.29, 0.717) is 12.3 Å². The van der Waals surface area contributed by atoms with Crippen LogP contribution < -0.4 is 4.74 Å². The van der Waals surface area contributed by atoms with Crippen LogP contribution in [0.25, 0.3) is 0 Å². The van der Waals surface area contributed by atoms with Gasteiger partial charge in [-0.3, -0.25) is 4.79 Å². The maximum atomic E-state index is 11.8. The van der Waals surface area contributed by atoms with Crippen LogP contribution in [0.4, 0.5) is 0 Å². The summed E-state index contributed by atoms with van der Waals surface area (Å²) in [5.74, 6) is 1.39. The van der Waals surface area contributed by atoms with Gasteiger partial charge in [0.25, 0.3) is 0 Å². The third-order valence-corrected chi connectivity index (χ3v) is 3.13. The summed E-state index contributed by atoms with van der Waals surface area (Å²) in [6.45, 7) is 4.25. The molecule has 2 atom stereocenters. The van der Waals surface area contributed by atoms with Crippen molar-refractivity contribution in [2.75, 3.05) is 0 Å². The van der Waals surface area contributed by atoms with Gasteiger partial charge in [-0.05, 0) is 18.1 Å². The smallest absolute Gasteiger partial charge is 0.170 e. The van der Waals surface area contributed by atoms with E-state index < -0.39 is 0 Å². The normalized spacial score (nSPS) is 21.7. The van der Waals surface area contributed by atoms with Crippen LogP contribution in [0.1, 0.15) is 37.0 Å². The summed E-state index contributed by atoms with van der Waals surface area (Å²) in [6.07, 6.45) is 1.61. The highest BCUT2D eigenvalue weighted by Crippen LogP contribution is 2.30. The first-order valence-corrected chi connectivity index (χ1v) is 5.51. The Morgan fingerprint density at radius 3 is 2.93 bits per heavy atom. The van der Waals surface area contributed by atoms with E-state index in [1.54, 1.807) is 0 Å². The summed E-state index contributed by atoms with van der Waals surface area (Å²) < 4.78 is 5.83. The fraction of sp³-hybridized carbons (Fsp3) is 0.462. The van der Waals surface area contributed by atoms with E-state index >= 15 is 0 Å². The zero-order chi connectivity index (χ0) is 10.8. The molecule has 0 radical (unpaired) electrons. The molecule has 0 amide bonds. The monoisotopic (exact) mass is 204 g/mol. The lowest BCUT2D eigenvalue weighted by molar-refractivity contribution is 0.0748. The number of carbonyl (C=O) groups excluding carboxylic acids is 1. The fourth-order valence-corrected chi connectivity index (χ4v) is 1.88. The molecule has 2 rings (SSSR count). The van der Waals surface area contributed by atoms with Crippen molar-refractivity contribution in [1.29, 1.82) is 0 Å². The molecule has 1 aromatic rings. The van der Waals surface area contributed by atoms with Crippen LogP contribution in [0, 0.1) is 5.92 Å². The molecule has 0 bridgehead atoms. The molecular formula is C13H16O2. The van der Waals surface area contributed by atoms with E-state index in [2.05, 4.69) is 13.8 Å². The number of benzene rings is 1. The molecule has 0 saturated carbocycles. The second-order valence-corrected chi connectivity index (χ2v) is 4.17. The molecule has 2 heteroatoms. The van der Waals surface area contributed by atoms with Crippen LogP contribution in [0.15, 0.2) is 24.3 Å². The van der Waals surface area contributed by atoms with E-state index in [-0.39, 0.29) is 11.9 Å². The zero-order valence-electron chi connectivity index (χ0n) is 9.19. The minimum absolute atomic E-state index is 0.0531. The Hall–Kier alpha value is -1.31. The van der Waals surface area contributed by atoms with E-state index in [0.717, 1.165) is 17.7 Å². The van der Waals surface area contributed by atoms with Gasteiger partial charge < -0.3 is 4.74 Å². The average Bonchev–Trinajstić information content (AvgIpc) is 2.28. The van der Waals surface area contributed by atoms with Crippen LogP contribution in [-0.2, 0) is 0 Å². The van der Waals surface area contributed by atoms with Crippen LogP contribution in [0.5, 0.6) is 5.75 Å². The van der Waals surface area contributed by atoms with Gasteiger partial charge in [-0.1, -0.05) is 32.4 Å². The van der Waals surface area contributed by atoms with Gasteiger partial charge in [0.15, 0.2) is 5.78 Å². The van der Waals surface area contributed by atoms with Crippen molar-refractivity contribution in [3.63, 3.8) is 0 Å². The van der Waals surface area contributed by atoms with E-state index in [4.69, 9.17) is 4.74 Å². The van der Waals surface area contributed by atoms with Crippen LogP contribution in [0.2, 0.25) is 0 Å². The Labute approximate surface area is 90.3 Å². The van der Waals surface area contributed by atoms with Gasteiger partial charge in [-0.15, -0.1) is 0 Å². The third-order valence-electron chi connectivity index (χ3n) is 3.13. The topological polar surface area (TPSA) is 26.3 Å². The summed E-state index contributed by atoms with van der Waals surface area (Å²) >= 11 is 0. The molecule has 80 valence electrons. The molecule has 0 N–H and O–H groups in total. The van der Waals surface area contributed by atoms with Crippen molar-refractivity contribution >= 4 is 5.78 Å². The molecule has 1 aromatic carbocycles. The molecule has 0 saturated heterocycles. The maximum absolute atomic E-state index is 11.8. The zero-order valence-corrected chi connectivity index (χ0v) is 9.19. The second kappa shape index (κ2) is 4.05. The highest BCUT2D eigenvalue weighted by atomic mass is 16.5. The van der Waals surface area contributed by atoms with Gasteiger partial charge in [-0.25, -0.2) is 0 Å². The summed E-state index contributed by atoms with van der Waals surface area (Å²) in [6, 6.07) is 7.50. The van der Waals surface area contributed by atoms with Gasteiger partial charge in [0.1, 0.15) is 11.9 Å². The van der Waals surface area contributed by atoms with Crippen molar-refractivity contribution in [2.45, 2.75) is 32.8 Å². The molecule has 2 nitrogen and oxygen atoms in total.